The molecule has 110 valence electrons. The number of hydrogen-bond donors (Lipinski definition) is 2. The van der Waals surface area contributed by atoms with Gasteiger partial charge in [0.15, 0.2) is 0 Å². The van der Waals surface area contributed by atoms with Gasteiger partial charge in [0.1, 0.15) is 0 Å². The Labute approximate surface area is 127 Å². The topological polar surface area (TPSA) is 80.1 Å². The quantitative estimate of drug-likeness (QED) is 0.467. The molecule has 2 aromatic rings. The minimum atomic E-state index is -0.468. The molecule has 0 aliphatic heterocycles. The molecule has 0 saturated carbocycles. The number of rotatable bonds is 7. The molecule has 0 saturated heterocycles. The van der Waals surface area contributed by atoms with Crippen LogP contribution in [0.2, 0.25) is 5.02 Å². The monoisotopic (exact) mass is 306 g/mol. The lowest BCUT2D eigenvalue weighted by molar-refractivity contribution is -0.384. The van der Waals surface area contributed by atoms with Gasteiger partial charge in [-0.05, 0) is 18.2 Å². The highest BCUT2D eigenvalue weighted by molar-refractivity contribution is 6.33. The number of pyridine rings is 1. The molecular weight excluding hydrogens is 292 g/mol. The van der Waals surface area contributed by atoms with Gasteiger partial charge in [-0.15, -0.1) is 0 Å². The maximum absolute atomic E-state index is 10.6. The Hall–Kier alpha value is -2.18. The first-order valence-corrected chi connectivity index (χ1v) is 6.83. The number of non-ortho nitro benzene ring substituents is 1. The van der Waals surface area contributed by atoms with E-state index in [4.69, 9.17) is 11.6 Å². The number of benzene rings is 1. The SMILES string of the molecule is O=[N+]([O-])c1ccc(NCCNCc2ccccn2)c(Cl)c1. The van der Waals surface area contributed by atoms with Crippen LogP contribution in [-0.4, -0.2) is 23.0 Å². The van der Waals surface area contributed by atoms with Gasteiger partial charge < -0.3 is 10.6 Å². The Bertz CT molecular complexity index is 607. The van der Waals surface area contributed by atoms with Crippen LogP contribution >= 0.6 is 11.6 Å². The smallest absolute Gasteiger partial charge is 0.271 e. The lowest BCUT2D eigenvalue weighted by Crippen LogP contribution is -2.22. The van der Waals surface area contributed by atoms with Crippen molar-refractivity contribution in [3.63, 3.8) is 0 Å². The van der Waals surface area contributed by atoms with Gasteiger partial charge in [-0.1, -0.05) is 17.7 Å². The van der Waals surface area contributed by atoms with Crippen molar-refractivity contribution in [2.24, 2.45) is 0 Å². The van der Waals surface area contributed by atoms with E-state index in [1.165, 1.54) is 12.1 Å². The summed E-state index contributed by atoms with van der Waals surface area (Å²) >= 11 is 5.98. The predicted molar refractivity (Wildman–Crippen MR) is 82.5 cm³/mol. The third-order valence-electron chi connectivity index (χ3n) is 2.81. The fourth-order valence-corrected chi connectivity index (χ4v) is 2.01. The molecule has 0 bridgehead atoms. The largest absolute Gasteiger partial charge is 0.383 e. The van der Waals surface area contributed by atoms with Crippen LogP contribution in [0, 0.1) is 10.1 Å². The first-order chi connectivity index (χ1) is 10.2. The fourth-order valence-electron chi connectivity index (χ4n) is 1.77. The number of halogens is 1. The maximum atomic E-state index is 10.6. The highest BCUT2D eigenvalue weighted by Gasteiger charge is 2.08. The molecule has 2 N–H and O–H groups in total. The number of anilines is 1. The van der Waals surface area contributed by atoms with E-state index in [2.05, 4.69) is 15.6 Å². The Balaban J connectivity index is 1.75. The van der Waals surface area contributed by atoms with E-state index in [0.717, 1.165) is 12.2 Å². The number of nitro groups is 1. The number of nitrogens with one attached hydrogen (secondary N) is 2. The van der Waals surface area contributed by atoms with Crippen molar-refractivity contribution in [1.82, 2.24) is 10.3 Å². The van der Waals surface area contributed by atoms with E-state index in [1.54, 1.807) is 12.3 Å². The molecule has 0 unspecified atom stereocenters. The van der Waals surface area contributed by atoms with Crippen molar-refractivity contribution in [3.8, 4) is 0 Å². The summed E-state index contributed by atoms with van der Waals surface area (Å²) in [4.78, 5) is 14.3. The molecule has 1 aromatic heterocycles. The minimum absolute atomic E-state index is 0.0150. The summed E-state index contributed by atoms with van der Waals surface area (Å²) in [5.74, 6) is 0. The Kier molecular flexibility index (Phi) is 5.48. The van der Waals surface area contributed by atoms with E-state index in [1.807, 2.05) is 18.2 Å². The molecule has 0 aliphatic rings. The zero-order valence-electron chi connectivity index (χ0n) is 11.3. The van der Waals surface area contributed by atoms with Crippen molar-refractivity contribution < 1.29 is 4.92 Å². The van der Waals surface area contributed by atoms with Gasteiger partial charge >= 0.3 is 0 Å². The summed E-state index contributed by atoms with van der Waals surface area (Å²) in [5, 5.41) is 17.3. The fraction of sp³-hybridized carbons (Fsp3) is 0.214. The van der Waals surface area contributed by atoms with Gasteiger partial charge in [0, 0.05) is 38.0 Å². The van der Waals surface area contributed by atoms with Crippen LogP contribution in [0.5, 0.6) is 0 Å². The highest BCUT2D eigenvalue weighted by Crippen LogP contribution is 2.26. The zero-order chi connectivity index (χ0) is 15.1. The van der Waals surface area contributed by atoms with Gasteiger partial charge in [-0.25, -0.2) is 0 Å². The third kappa shape index (κ3) is 4.70. The van der Waals surface area contributed by atoms with Gasteiger partial charge in [0.2, 0.25) is 0 Å². The van der Waals surface area contributed by atoms with Crippen LogP contribution in [0.25, 0.3) is 0 Å². The summed E-state index contributed by atoms with van der Waals surface area (Å²) < 4.78 is 0. The minimum Gasteiger partial charge on any atom is -0.383 e. The molecule has 1 heterocycles. The molecular formula is C14H15ClN4O2. The molecule has 2 rings (SSSR count). The van der Waals surface area contributed by atoms with Gasteiger partial charge in [-0.2, -0.15) is 0 Å². The van der Waals surface area contributed by atoms with Crippen LogP contribution in [0.15, 0.2) is 42.6 Å². The lowest BCUT2D eigenvalue weighted by Gasteiger charge is -2.09. The van der Waals surface area contributed by atoms with Crippen molar-refractivity contribution >= 4 is 23.0 Å². The Morgan fingerprint density at radius 2 is 2.10 bits per heavy atom. The van der Waals surface area contributed by atoms with E-state index in [9.17, 15) is 10.1 Å². The molecule has 0 spiro atoms. The lowest BCUT2D eigenvalue weighted by atomic mass is 10.3. The molecule has 7 heteroatoms. The first kappa shape index (κ1) is 15.2. The van der Waals surface area contributed by atoms with Crippen LogP contribution in [-0.2, 0) is 6.54 Å². The number of nitro benzene ring substituents is 1. The second-order valence-electron chi connectivity index (χ2n) is 4.35. The average Bonchev–Trinajstić information content (AvgIpc) is 2.49. The normalized spacial score (nSPS) is 10.3. The van der Waals surface area contributed by atoms with Crippen LogP contribution in [0.3, 0.4) is 0 Å². The molecule has 0 atom stereocenters. The average molecular weight is 307 g/mol. The summed E-state index contributed by atoms with van der Waals surface area (Å²) in [6.45, 7) is 2.07. The van der Waals surface area contributed by atoms with Crippen molar-refractivity contribution in [1.29, 1.82) is 0 Å². The first-order valence-electron chi connectivity index (χ1n) is 6.45. The predicted octanol–water partition coefficient (Wildman–Crippen LogP) is 2.84. The Morgan fingerprint density at radius 3 is 2.76 bits per heavy atom. The summed E-state index contributed by atoms with van der Waals surface area (Å²) in [6, 6.07) is 10.1. The van der Waals surface area contributed by atoms with E-state index < -0.39 is 4.92 Å². The second kappa shape index (κ2) is 7.56. The third-order valence-corrected chi connectivity index (χ3v) is 3.13. The molecule has 6 nitrogen and oxygen atoms in total. The van der Waals surface area contributed by atoms with Gasteiger partial charge in [-0.3, -0.25) is 15.1 Å². The molecule has 0 amide bonds. The van der Waals surface area contributed by atoms with Crippen LogP contribution in [0.4, 0.5) is 11.4 Å². The van der Waals surface area contributed by atoms with E-state index >= 15 is 0 Å². The number of nitrogens with zero attached hydrogens (tertiary/aromatic N) is 2. The van der Waals surface area contributed by atoms with Crippen molar-refractivity contribution in [2.45, 2.75) is 6.54 Å². The van der Waals surface area contributed by atoms with Gasteiger partial charge in [0.25, 0.3) is 5.69 Å². The summed E-state index contributed by atoms with van der Waals surface area (Å²) in [6.07, 6.45) is 1.76. The standard InChI is InChI=1S/C14H15ClN4O2/c15-13-9-12(19(20)21)4-5-14(13)18-8-7-16-10-11-3-1-2-6-17-11/h1-6,9,16,18H,7-8,10H2. The Morgan fingerprint density at radius 1 is 1.24 bits per heavy atom. The van der Waals surface area contributed by atoms with E-state index in [0.29, 0.717) is 23.8 Å². The van der Waals surface area contributed by atoms with Crippen molar-refractivity contribution in [2.75, 3.05) is 18.4 Å². The zero-order valence-corrected chi connectivity index (χ0v) is 12.0. The molecule has 21 heavy (non-hydrogen) atoms. The molecule has 0 aliphatic carbocycles. The molecule has 0 fully saturated rings. The number of aromatic nitrogens is 1. The molecule has 1 aromatic carbocycles. The maximum Gasteiger partial charge on any atom is 0.271 e. The van der Waals surface area contributed by atoms with Gasteiger partial charge in [0.05, 0.1) is 21.3 Å². The van der Waals surface area contributed by atoms with Crippen LogP contribution < -0.4 is 10.6 Å². The second-order valence-corrected chi connectivity index (χ2v) is 4.75. The van der Waals surface area contributed by atoms with E-state index in [-0.39, 0.29) is 5.69 Å². The number of hydrogen-bond acceptors (Lipinski definition) is 5. The highest BCUT2D eigenvalue weighted by atomic mass is 35.5. The summed E-state index contributed by atoms with van der Waals surface area (Å²) in [7, 11) is 0. The van der Waals surface area contributed by atoms with Crippen LogP contribution in [0.1, 0.15) is 5.69 Å². The van der Waals surface area contributed by atoms with Crippen molar-refractivity contribution in [3.05, 3.63) is 63.4 Å². The summed E-state index contributed by atoms with van der Waals surface area (Å²) in [5.41, 5.74) is 1.64. The molecule has 0 radical (unpaired) electrons.